The second-order valence-electron chi connectivity index (χ2n) is 4.49. The zero-order chi connectivity index (χ0) is 15.5. The summed E-state index contributed by atoms with van der Waals surface area (Å²) in [4.78, 5) is 0. The van der Waals surface area contributed by atoms with Crippen molar-refractivity contribution in [2.45, 2.75) is 25.2 Å². The van der Waals surface area contributed by atoms with E-state index in [0.717, 1.165) is 0 Å². The Labute approximate surface area is 123 Å². The van der Waals surface area contributed by atoms with Crippen LogP contribution in [-0.4, -0.2) is 30.8 Å². The molecule has 1 aromatic carbocycles. The predicted molar refractivity (Wildman–Crippen MR) is 77.2 cm³/mol. The number of aryl methyl sites for hydroxylation is 1. The predicted octanol–water partition coefficient (Wildman–Crippen LogP) is 1.16. The molecule has 0 radical (unpaired) electrons. The van der Waals surface area contributed by atoms with Gasteiger partial charge in [0.15, 0.2) is 0 Å². The molecule has 0 aliphatic carbocycles. The second-order valence-corrected chi connectivity index (χ2v) is 6.08. The van der Waals surface area contributed by atoms with Gasteiger partial charge in [0, 0.05) is 23.9 Å². The van der Waals surface area contributed by atoms with Gasteiger partial charge in [-0.2, -0.15) is 13.5 Å². The number of nitrogens with one attached hydrogen (secondary N) is 2. The second kappa shape index (κ2) is 6.25. The molecule has 8 heteroatoms. The maximum atomic E-state index is 12.4. The molecule has 2 rings (SSSR count). The van der Waals surface area contributed by atoms with Crippen LogP contribution >= 0.6 is 0 Å². The molecule has 7 nitrogen and oxygen atoms in total. The first-order valence-electron chi connectivity index (χ1n) is 6.24. The van der Waals surface area contributed by atoms with Crippen molar-refractivity contribution in [1.82, 2.24) is 10.2 Å². The number of sulfonamides is 1. The van der Waals surface area contributed by atoms with E-state index in [1.807, 2.05) is 0 Å². The Balaban J connectivity index is 2.38. The topological polar surface area (TPSA) is 104 Å². The van der Waals surface area contributed by atoms with Gasteiger partial charge in [0.2, 0.25) is 5.03 Å². The van der Waals surface area contributed by atoms with E-state index in [9.17, 15) is 13.5 Å². The summed E-state index contributed by atoms with van der Waals surface area (Å²) in [7, 11) is -2.35. The molecule has 21 heavy (non-hydrogen) atoms. The lowest BCUT2D eigenvalue weighted by Crippen LogP contribution is -2.16. The third-order valence-electron chi connectivity index (χ3n) is 3.01. The van der Waals surface area contributed by atoms with Gasteiger partial charge < -0.3 is 9.84 Å². The zero-order valence-corrected chi connectivity index (χ0v) is 12.6. The summed E-state index contributed by atoms with van der Waals surface area (Å²) in [5.41, 5.74) is 1.90. The molecular weight excluding hydrogens is 294 g/mol. The molecule has 0 aliphatic rings. The number of aliphatic hydroxyl groups is 1. The zero-order valence-electron chi connectivity index (χ0n) is 11.8. The fourth-order valence-electron chi connectivity index (χ4n) is 1.93. The Morgan fingerprint density at radius 1 is 1.38 bits per heavy atom. The van der Waals surface area contributed by atoms with Crippen molar-refractivity contribution in [3.05, 3.63) is 41.1 Å². The molecule has 0 saturated carbocycles. The quantitative estimate of drug-likeness (QED) is 0.742. The Morgan fingerprint density at radius 2 is 2.10 bits per heavy atom. The molecule has 0 bridgehead atoms. The van der Waals surface area contributed by atoms with E-state index in [1.165, 1.54) is 7.11 Å². The monoisotopic (exact) mass is 311 g/mol. The molecular formula is C13H17N3O4S. The van der Waals surface area contributed by atoms with Crippen molar-refractivity contribution >= 4 is 15.7 Å². The van der Waals surface area contributed by atoms with E-state index in [1.54, 1.807) is 31.2 Å². The Hall–Kier alpha value is -1.90. The fraction of sp³-hybridized carbons (Fsp3) is 0.308. The number of para-hydroxylation sites is 1. The molecule has 1 heterocycles. The molecule has 0 amide bonds. The minimum atomic E-state index is -3.88. The first-order chi connectivity index (χ1) is 9.99. The number of nitrogens with zero attached hydrogens (tertiary/aromatic N) is 1. The van der Waals surface area contributed by atoms with Crippen molar-refractivity contribution < 1.29 is 18.3 Å². The van der Waals surface area contributed by atoms with Gasteiger partial charge in [-0.25, -0.2) is 0 Å². The lowest BCUT2D eigenvalue weighted by Gasteiger charge is -2.11. The summed E-state index contributed by atoms with van der Waals surface area (Å²) in [6.45, 7) is 1.53. The fourth-order valence-corrected chi connectivity index (χ4v) is 3.23. The molecule has 0 atom stereocenters. The molecule has 0 aliphatic heterocycles. The molecule has 2 aromatic rings. The van der Waals surface area contributed by atoms with E-state index < -0.39 is 16.6 Å². The number of hydrogen-bond donors (Lipinski definition) is 3. The van der Waals surface area contributed by atoms with Crippen molar-refractivity contribution in [3.8, 4) is 0 Å². The van der Waals surface area contributed by atoms with Crippen LogP contribution in [0.2, 0.25) is 0 Å². The van der Waals surface area contributed by atoms with Crippen LogP contribution in [0.5, 0.6) is 0 Å². The van der Waals surface area contributed by atoms with Gasteiger partial charge >= 0.3 is 0 Å². The molecule has 0 spiro atoms. The highest BCUT2D eigenvalue weighted by Crippen LogP contribution is 2.22. The number of hydrogen-bond acceptors (Lipinski definition) is 5. The van der Waals surface area contributed by atoms with Crippen LogP contribution in [0.1, 0.15) is 16.8 Å². The third kappa shape index (κ3) is 3.23. The lowest BCUT2D eigenvalue weighted by atomic mass is 10.2. The van der Waals surface area contributed by atoms with Gasteiger partial charge in [0.05, 0.1) is 18.9 Å². The minimum Gasteiger partial charge on any atom is -0.392 e. The van der Waals surface area contributed by atoms with Crippen molar-refractivity contribution in [2.24, 2.45) is 0 Å². The van der Waals surface area contributed by atoms with Gasteiger partial charge in [-0.15, -0.1) is 0 Å². The standard InChI is InChI=1S/C13H17N3O4S/c1-9-11(7-17)13(15-14-9)21(18,19)16-12-6-4-3-5-10(12)8-20-2/h3-6,16-17H,7-8H2,1-2H3,(H,14,15). The number of aromatic amines is 1. The highest BCUT2D eigenvalue weighted by atomic mass is 32.2. The molecule has 0 fully saturated rings. The van der Waals surface area contributed by atoms with Crippen LogP contribution in [0, 0.1) is 6.92 Å². The number of rotatable bonds is 6. The van der Waals surface area contributed by atoms with E-state index in [2.05, 4.69) is 14.9 Å². The van der Waals surface area contributed by atoms with E-state index in [-0.39, 0.29) is 17.2 Å². The van der Waals surface area contributed by atoms with Crippen LogP contribution in [0.15, 0.2) is 29.3 Å². The highest BCUT2D eigenvalue weighted by molar-refractivity contribution is 7.92. The van der Waals surface area contributed by atoms with Crippen LogP contribution in [0.25, 0.3) is 0 Å². The molecule has 0 unspecified atom stereocenters. The van der Waals surface area contributed by atoms with Crippen LogP contribution in [-0.2, 0) is 28.0 Å². The normalized spacial score (nSPS) is 11.6. The highest BCUT2D eigenvalue weighted by Gasteiger charge is 2.24. The largest absolute Gasteiger partial charge is 0.392 e. The van der Waals surface area contributed by atoms with Crippen LogP contribution in [0.4, 0.5) is 5.69 Å². The lowest BCUT2D eigenvalue weighted by molar-refractivity contribution is 0.185. The van der Waals surface area contributed by atoms with Gasteiger partial charge in [0.1, 0.15) is 0 Å². The molecule has 114 valence electrons. The smallest absolute Gasteiger partial charge is 0.281 e. The van der Waals surface area contributed by atoms with E-state index in [0.29, 0.717) is 16.9 Å². The Kier molecular flexibility index (Phi) is 4.61. The maximum absolute atomic E-state index is 12.4. The summed E-state index contributed by atoms with van der Waals surface area (Å²) in [5, 5.41) is 15.4. The van der Waals surface area contributed by atoms with Gasteiger partial charge in [-0.05, 0) is 13.0 Å². The number of anilines is 1. The van der Waals surface area contributed by atoms with Crippen LogP contribution in [0.3, 0.4) is 0 Å². The number of benzene rings is 1. The number of methoxy groups -OCH3 is 1. The summed E-state index contributed by atoms with van der Waals surface area (Å²) in [5.74, 6) is 0. The van der Waals surface area contributed by atoms with Gasteiger partial charge in [-0.1, -0.05) is 18.2 Å². The van der Waals surface area contributed by atoms with E-state index in [4.69, 9.17) is 4.74 Å². The van der Waals surface area contributed by atoms with Crippen molar-refractivity contribution in [1.29, 1.82) is 0 Å². The number of aliphatic hydroxyl groups excluding tert-OH is 1. The molecule has 0 saturated heterocycles. The summed E-state index contributed by atoms with van der Waals surface area (Å²) in [6.07, 6.45) is 0. The number of ether oxygens (including phenoxy) is 1. The summed E-state index contributed by atoms with van der Waals surface area (Å²) < 4.78 is 32.3. The van der Waals surface area contributed by atoms with E-state index >= 15 is 0 Å². The third-order valence-corrected chi connectivity index (χ3v) is 4.35. The molecule has 1 aromatic heterocycles. The maximum Gasteiger partial charge on any atom is 0.281 e. The first-order valence-corrected chi connectivity index (χ1v) is 7.72. The Morgan fingerprint density at radius 3 is 2.76 bits per heavy atom. The number of H-pyrrole nitrogens is 1. The number of aromatic nitrogens is 2. The van der Waals surface area contributed by atoms with Gasteiger partial charge in [-0.3, -0.25) is 9.82 Å². The van der Waals surface area contributed by atoms with Gasteiger partial charge in [0.25, 0.3) is 10.0 Å². The SMILES string of the molecule is COCc1ccccc1NS(=O)(=O)c1n[nH]c(C)c1CO. The molecule has 3 N–H and O–H groups in total. The average Bonchev–Trinajstić information content (AvgIpc) is 2.83. The average molecular weight is 311 g/mol. The van der Waals surface area contributed by atoms with Crippen molar-refractivity contribution in [3.63, 3.8) is 0 Å². The summed E-state index contributed by atoms with van der Waals surface area (Å²) in [6, 6.07) is 6.93. The first kappa shape index (κ1) is 15.5. The van der Waals surface area contributed by atoms with Crippen molar-refractivity contribution in [2.75, 3.05) is 11.8 Å². The van der Waals surface area contributed by atoms with Crippen LogP contribution < -0.4 is 4.72 Å². The summed E-state index contributed by atoms with van der Waals surface area (Å²) >= 11 is 0. The minimum absolute atomic E-state index is 0.199. The Bertz CT molecular complexity index is 725.